The second kappa shape index (κ2) is 6.44. The first-order chi connectivity index (χ1) is 7.31. The molecule has 0 rings (SSSR count). The number of aliphatic hydroxyl groups is 2. The minimum absolute atomic E-state index is 0.0280. The summed E-state index contributed by atoms with van der Waals surface area (Å²) in [4.78, 5) is 21.6. The van der Waals surface area contributed by atoms with Gasteiger partial charge in [-0.05, 0) is 6.42 Å². The first-order valence-electron chi connectivity index (χ1n) is 5.09. The molecule has 0 aliphatic rings. The first-order valence-corrected chi connectivity index (χ1v) is 5.09. The van der Waals surface area contributed by atoms with Gasteiger partial charge in [0, 0.05) is 18.4 Å². The predicted octanol–water partition coefficient (Wildman–Crippen LogP) is -0.653. The largest absolute Gasteiger partial charge is 0.481 e. The monoisotopic (exact) mass is 233 g/mol. The molecular formula is C10H19NO5. The molecule has 0 aromatic rings. The number of aliphatic hydroxyl groups excluding tert-OH is 2. The molecule has 1 atom stereocenters. The third kappa shape index (κ3) is 5.09. The zero-order valence-corrected chi connectivity index (χ0v) is 9.56. The summed E-state index contributed by atoms with van der Waals surface area (Å²) >= 11 is 0. The molecule has 1 unspecified atom stereocenters. The number of aliphatic carboxylic acids is 1. The molecule has 1 amide bonds. The van der Waals surface area contributed by atoms with Crippen molar-refractivity contribution < 1.29 is 24.9 Å². The smallest absolute Gasteiger partial charge is 0.303 e. The Balaban J connectivity index is 3.93. The molecule has 0 heterocycles. The van der Waals surface area contributed by atoms with Crippen molar-refractivity contribution in [2.45, 2.75) is 32.8 Å². The Kier molecular flexibility index (Phi) is 5.98. The third-order valence-electron chi connectivity index (χ3n) is 2.26. The molecular weight excluding hydrogens is 214 g/mol. The van der Waals surface area contributed by atoms with Gasteiger partial charge in [-0.2, -0.15) is 0 Å². The lowest BCUT2D eigenvalue weighted by Gasteiger charge is -2.27. The van der Waals surface area contributed by atoms with Gasteiger partial charge < -0.3 is 20.6 Å². The van der Waals surface area contributed by atoms with Gasteiger partial charge in [0.05, 0.1) is 6.61 Å². The standard InChI is InChI=1S/C10H19NO5/c1-10(2,6-12)8(15)9(16)11-5-3-4-7(13)14/h8,12,15H,3-6H2,1-2H3,(H,11,16)(H,13,14). The van der Waals surface area contributed by atoms with Crippen LogP contribution in [-0.2, 0) is 9.59 Å². The summed E-state index contributed by atoms with van der Waals surface area (Å²) in [5, 5.41) is 29.3. The van der Waals surface area contributed by atoms with Gasteiger partial charge in [-0.3, -0.25) is 9.59 Å². The number of rotatable bonds is 7. The molecule has 0 radical (unpaired) electrons. The lowest BCUT2D eigenvalue weighted by atomic mass is 9.87. The van der Waals surface area contributed by atoms with E-state index in [0.717, 1.165) is 0 Å². The number of hydrogen-bond acceptors (Lipinski definition) is 4. The zero-order chi connectivity index (χ0) is 12.8. The summed E-state index contributed by atoms with van der Waals surface area (Å²) in [6.45, 7) is 3.02. The van der Waals surface area contributed by atoms with Gasteiger partial charge in [0.25, 0.3) is 0 Å². The second-order valence-electron chi connectivity index (χ2n) is 4.34. The van der Waals surface area contributed by atoms with Gasteiger partial charge in [-0.25, -0.2) is 0 Å². The highest BCUT2D eigenvalue weighted by Gasteiger charge is 2.32. The van der Waals surface area contributed by atoms with Crippen molar-refractivity contribution in [3.63, 3.8) is 0 Å². The van der Waals surface area contributed by atoms with Crippen molar-refractivity contribution in [3.8, 4) is 0 Å². The van der Waals surface area contributed by atoms with E-state index in [2.05, 4.69) is 5.32 Å². The highest BCUT2D eigenvalue weighted by molar-refractivity contribution is 5.81. The van der Waals surface area contributed by atoms with Gasteiger partial charge in [0.1, 0.15) is 6.10 Å². The van der Waals surface area contributed by atoms with Crippen molar-refractivity contribution in [1.82, 2.24) is 5.32 Å². The van der Waals surface area contributed by atoms with E-state index in [4.69, 9.17) is 10.2 Å². The predicted molar refractivity (Wildman–Crippen MR) is 56.8 cm³/mol. The van der Waals surface area contributed by atoms with E-state index in [9.17, 15) is 14.7 Å². The SMILES string of the molecule is CC(C)(CO)C(O)C(=O)NCCCC(=O)O. The molecule has 0 aromatic heterocycles. The van der Waals surface area contributed by atoms with Crippen LogP contribution >= 0.6 is 0 Å². The summed E-state index contributed by atoms with van der Waals surface area (Å²) in [6, 6.07) is 0. The van der Waals surface area contributed by atoms with Crippen molar-refractivity contribution in [3.05, 3.63) is 0 Å². The lowest BCUT2D eigenvalue weighted by Crippen LogP contribution is -2.45. The average molecular weight is 233 g/mol. The minimum atomic E-state index is -1.30. The van der Waals surface area contributed by atoms with Crippen LogP contribution in [0.5, 0.6) is 0 Å². The highest BCUT2D eigenvalue weighted by atomic mass is 16.4. The fraction of sp³-hybridized carbons (Fsp3) is 0.800. The molecule has 0 saturated carbocycles. The Morgan fingerprint density at radius 1 is 1.38 bits per heavy atom. The van der Waals surface area contributed by atoms with E-state index in [1.54, 1.807) is 13.8 Å². The van der Waals surface area contributed by atoms with Gasteiger partial charge >= 0.3 is 5.97 Å². The molecule has 94 valence electrons. The second-order valence-corrected chi connectivity index (χ2v) is 4.34. The molecule has 0 saturated heterocycles. The Hall–Kier alpha value is -1.14. The number of carbonyl (C=O) groups excluding carboxylic acids is 1. The van der Waals surface area contributed by atoms with Crippen LogP contribution in [-0.4, -0.2) is 46.5 Å². The number of carboxylic acid groups (broad SMARTS) is 1. The number of nitrogens with one attached hydrogen (secondary N) is 1. The molecule has 0 aliphatic heterocycles. The fourth-order valence-electron chi connectivity index (χ4n) is 0.989. The van der Waals surface area contributed by atoms with Crippen molar-refractivity contribution in [2.24, 2.45) is 5.41 Å². The fourth-order valence-corrected chi connectivity index (χ4v) is 0.989. The Labute approximate surface area is 94.3 Å². The van der Waals surface area contributed by atoms with Crippen molar-refractivity contribution in [1.29, 1.82) is 0 Å². The van der Waals surface area contributed by atoms with Crippen LogP contribution in [0.15, 0.2) is 0 Å². The third-order valence-corrected chi connectivity index (χ3v) is 2.26. The highest BCUT2D eigenvalue weighted by Crippen LogP contribution is 2.19. The van der Waals surface area contributed by atoms with Gasteiger partial charge in [0.2, 0.25) is 5.91 Å². The molecule has 0 aliphatic carbocycles. The maximum Gasteiger partial charge on any atom is 0.303 e. The Bertz CT molecular complexity index is 252. The summed E-state index contributed by atoms with van der Waals surface area (Å²) in [5.74, 6) is -1.52. The molecule has 0 spiro atoms. The Morgan fingerprint density at radius 2 is 1.94 bits per heavy atom. The summed E-state index contributed by atoms with van der Waals surface area (Å²) in [6.07, 6.45) is -1.02. The van der Waals surface area contributed by atoms with Gasteiger partial charge in [-0.15, -0.1) is 0 Å². The molecule has 0 aromatic carbocycles. The lowest BCUT2D eigenvalue weighted by molar-refractivity contribution is -0.139. The molecule has 4 N–H and O–H groups in total. The van der Waals surface area contributed by atoms with Crippen LogP contribution in [0.2, 0.25) is 0 Å². The molecule has 16 heavy (non-hydrogen) atoms. The topological polar surface area (TPSA) is 107 Å². The number of carboxylic acids is 1. The first kappa shape index (κ1) is 14.9. The summed E-state index contributed by atoms with van der Waals surface area (Å²) in [7, 11) is 0. The van der Waals surface area contributed by atoms with E-state index in [-0.39, 0.29) is 19.6 Å². The van der Waals surface area contributed by atoms with Crippen LogP contribution in [0.25, 0.3) is 0 Å². The van der Waals surface area contributed by atoms with E-state index in [0.29, 0.717) is 6.42 Å². The van der Waals surface area contributed by atoms with E-state index in [1.807, 2.05) is 0 Å². The van der Waals surface area contributed by atoms with E-state index >= 15 is 0 Å². The Morgan fingerprint density at radius 3 is 2.38 bits per heavy atom. The summed E-state index contributed by atoms with van der Waals surface area (Å²) < 4.78 is 0. The minimum Gasteiger partial charge on any atom is -0.481 e. The quantitative estimate of drug-likeness (QED) is 0.437. The van der Waals surface area contributed by atoms with Gasteiger partial charge in [0.15, 0.2) is 0 Å². The van der Waals surface area contributed by atoms with Crippen molar-refractivity contribution in [2.75, 3.05) is 13.2 Å². The zero-order valence-electron chi connectivity index (χ0n) is 9.56. The summed E-state index contributed by atoms with van der Waals surface area (Å²) in [5.41, 5.74) is -0.906. The molecule has 6 nitrogen and oxygen atoms in total. The van der Waals surface area contributed by atoms with Crippen LogP contribution in [0.1, 0.15) is 26.7 Å². The molecule has 0 bridgehead atoms. The van der Waals surface area contributed by atoms with Crippen LogP contribution in [0.4, 0.5) is 0 Å². The number of carbonyl (C=O) groups is 2. The van der Waals surface area contributed by atoms with Crippen LogP contribution in [0.3, 0.4) is 0 Å². The maximum absolute atomic E-state index is 11.4. The van der Waals surface area contributed by atoms with Crippen LogP contribution in [0, 0.1) is 5.41 Å². The molecule has 0 fully saturated rings. The normalized spacial score (nSPS) is 13.2. The van der Waals surface area contributed by atoms with Gasteiger partial charge in [-0.1, -0.05) is 13.8 Å². The van der Waals surface area contributed by atoms with Crippen molar-refractivity contribution >= 4 is 11.9 Å². The average Bonchev–Trinajstić information content (AvgIpc) is 2.22. The molecule has 6 heteroatoms. The van der Waals surface area contributed by atoms with E-state index in [1.165, 1.54) is 0 Å². The van der Waals surface area contributed by atoms with Crippen LogP contribution < -0.4 is 5.32 Å². The number of amides is 1. The maximum atomic E-state index is 11.4. The number of hydrogen-bond donors (Lipinski definition) is 4. The van der Waals surface area contributed by atoms with E-state index < -0.39 is 23.4 Å².